The van der Waals surface area contributed by atoms with E-state index in [0.717, 1.165) is 37.6 Å². The van der Waals surface area contributed by atoms with E-state index in [0.29, 0.717) is 0 Å². The van der Waals surface area contributed by atoms with Gasteiger partial charge in [-0.1, -0.05) is 0 Å². The lowest BCUT2D eigenvalue weighted by Crippen LogP contribution is -2.28. The van der Waals surface area contributed by atoms with Crippen LogP contribution < -0.4 is 10.6 Å². The first-order valence-corrected chi connectivity index (χ1v) is 5.02. The molecule has 1 aromatic heterocycles. The third-order valence-electron chi connectivity index (χ3n) is 2.47. The van der Waals surface area contributed by atoms with Gasteiger partial charge >= 0.3 is 0 Å². The molecule has 4 nitrogen and oxygen atoms in total. The van der Waals surface area contributed by atoms with Crippen LogP contribution in [-0.4, -0.2) is 23.6 Å². The largest absolute Gasteiger partial charge is 0.314 e. The SMILES string of the molecule is CNCc1nc(C)nc2c1CNCC2. The molecule has 0 atom stereocenters. The number of nitrogens with zero attached hydrogens (tertiary/aromatic N) is 2. The fourth-order valence-corrected chi connectivity index (χ4v) is 1.86. The van der Waals surface area contributed by atoms with Gasteiger partial charge in [0, 0.05) is 31.6 Å². The van der Waals surface area contributed by atoms with Gasteiger partial charge in [-0.2, -0.15) is 0 Å². The van der Waals surface area contributed by atoms with E-state index >= 15 is 0 Å². The summed E-state index contributed by atoms with van der Waals surface area (Å²) in [4.78, 5) is 8.94. The molecule has 0 spiro atoms. The Morgan fingerprint density at radius 2 is 2.29 bits per heavy atom. The zero-order chi connectivity index (χ0) is 9.97. The maximum Gasteiger partial charge on any atom is 0.125 e. The molecular formula is C10H16N4. The van der Waals surface area contributed by atoms with Crippen LogP contribution in [0.4, 0.5) is 0 Å². The van der Waals surface area contributed by atoms with Crippen LogP contribution in [0.2, 0.25) is 0 Å². The predicted molar refractivity (Wildman–Crippen MR) is 54.9 cm³/mol. The zero-order valence-electron chi connectivity index (χ0n) is 8.72. The van der Waals surface area contributed by atoms with Gasteiger partial charge in [0.15, 0.2) is 0 Å². The topological polar surface area (TPSA) is 49.8 Å². The number of aryl methyl sites for hydroxylation is 1. The number of rotatable bonds is 2. The van der Waals surface area contributed by atoms with E-state index in [-0.39, 0.29) is 0 Å². The van der Waals surface area contributed by atoms with Crippen molar-refractivity contribution in [2.45, 2.75) is 26.4 Å². The lowest BCUT2D eigenvalue weighted by Gasteiger charge is -2.19. The van der Waals surface area contributed by atoms with Crippen LogP contribution in [0.3, 0.4) is 0 Å². The number of aromatic nitrogens is 2. The normalized spacial score (nSPS) is 15.3. The van der Waals surface area contributed by atoms with E-state index in [4.69, 9.17) is 0 Å². The molecule has 0 aromatic carbocycles. The van der Waals surface area contributed by atoms with Crippen LogP contribution in [0.1, 0.15) is 22.8 Å². The maximum absolute atomic E-state index is 4.48. The molecule has 2 rings (SSSR count). The lowest BCUT2D eigenvalue weighted by atomic mass is 10.1. The first kappa shape index (κ1) is 9.55. The van der Waals surface area contributed by atoms with Gasteiger partial charge in [-0.15, -0.1) is 0 Å². The molecule has 0 unspecified atom stereocenters. The molecule has 0 saturated heterocycles. The number of hydrogen-bond acceptors (Lipinski definition) is 4. The van der Waals surface area contributed by atoms with E-state index < -0.39 is 0 Å². The standard InChI is InChI=1S/C10H16N4/c1-7-13-9-3-4-12-5-8(9)10(14-7)6-11-2/h11-12H,3-6H2,1-2H3. The molecule has 0 fully saturated rings. The van der Waals surface area contributed by atoms with Gasteiger partial charge in [-0.05, 0) is 14.0 Å². The van der Waals surface area contributed by atoms with Gasteiger partial charge in [0.2, 0.25) is 0 Å². The second-order valence-electron chi connectivity index (χ2n) is 3.60. The molecular weight excluding hydrogens is 176 g/mol. The molecule has 1 aliphatic rings. The van der Waals surface area contributed by atoms with Crippen molar-refractivity contribution in [2.75, 3.05) is 13.6 Å². The molecule has 76 valence electrons. The van der Waals surface area contributed by atoms with E-state index in [1.807, 2.05) is 14.0 Å². The fraction of sp³-hybridized carbons (Fsp3) is 0.600. The lowest BCUT2D eigenvalue weighted by molar-refractivity contribution is 0.606. The molecule has 0 bridgehead atoms. The van der Waals surface area contributed by atoms with Crippen molar-refractivity contribution in [3.8, 4) is 0 Å². The second-order valence-corrected chi connectivity index (χ2v) is 3.60. The summed E-state index contributed by atoms with van der Waals surface area (Å²) in [7, 11) is 1.94. The fourth-order valence-electron chi connectivity index (χ4n) is 1.86. The predicted octanol–water partition coefficient (Wildman–Crippen LogP) is 0.150. The molecule has 14 heavy (non-hydrogen) atoms. The molecule has 1 aliphatic heterocycles. The second kappa shape index (κ2) is 4.02. The van der Waals surface area contributed by atoms with Crippen molar-refractivity contribution >= 4 is 0 Å². The third kappa shape index (κ3) is 1.76. The highest BCUT2D eigenvalue weighted by molar-refractivity contribution is 5.28. The smallest absolute Gasteiger partial charge is 0.125 e. The van der Waals surface area contributed by atoms with Crippen LogP contribution in [-0.2, 0) is 19.5 Å². The summed E-state index contributed by atoms with van der Waals surface area (Å²) in [5.74, 6) is 0.885. The minimum atomic E-state index is 0.827. The Hall–Kier alpha value is -1.00. The molecule has 1 aromatic rings. The van der Waals surface area contributed by atoms with E-state index in [9.17, 15) is 0 Å². The maximum atomic E-state index is 4.48. The summed E-state index contributed by atoms with van der Waals surface area (Å²) in [6.45, 7) is 4.73. The molecule has 4 heteroatoms. The van der Waals surface area contributed by atoms with E-state index in [1.54, 1.807) is 0 Å². The first-order chi connectivity index (χ1) is 6.81. The van der Waals surface area contributed by atoms with Gasteiger partial charge < -0.3 is 10.6 Å². The van der Waals surface area contributed by atoms with Crippen LogP contribution in [0.5, 0.6) is 0 Å². The van der Waals surface area contributed by atoms with Crippen molar-refractivity contribution in [1.29, 1.82) is 0 Å². The summed E-state index contributed by atoms with van der Waals surface area (Å²) in [5.41, 5.74) is 3.65. The van der Waals surface area contributed by atoms with E-state index in [1.165, 1.54) is 11.3 Å². The quantitative estimate of drug-likeness (QED) is 0.700. The highest BCUT2D eigenvalue weighted by atomic mass is 15.0. The average molecular weight is 192 g/mol. The Kier molecular flexibility index (Phi) is 2.74. The van der Waals surface area contributed by atoms with Gasteiger partial charge in [0.1, 0.15) is 5.82 Å². The van der Waals surface area contributed by atoms with Gasteiger partial charge in [0.25, 0.3) is 0 Å². The minimum Gasteiger partial charge on any atom is -0.314 e. The number of hydrogen-bond donors (Lipinski definition) is 2. The van der Waals surface area contributed by atoms with Crippen LogP contribution in [0, 0.1) is 6.92 Å². The summed E-state index contributed by atoms with van der Waals surface area (Å²) in [6, 6.07) is 0. The summed E-state index contributed by atoms with van der Waals surface area (Å²) in [6.07, 6.45) is 1.02. The van der Waals surface area contributed by atoms with Crippen LogP contribution in [0.15, 0.2) is 0 Å². The number of fused-ring (bicyclic) bond motifs is 1. The summed E-state index contributed by atoms with van der Waals surface area (Å²) in [5, 5.41) is 6.49. The summed E-state index contributed by atoms with van der Waals surface area (Å²) >= 11 is 0. The summed E-state index contributed by atoms with van der Waals surface area (Å²) < 4.78 is 0. The molecule has 0 aliphatic carbocycles. The Balaban J connectivity index is 2.41. The molecule has 0 amide bonds. The molecule has 0 radical (unpaired) electrons. The van der Waals surface area contributed by atoms with Gasteiger partial charge in [0.05, 0.1) is 11.4 Å². The molecule has 0 saturated carbocycles. The third-order valence-corrected chi connectivity index (χ3v) is 2.47. The monoisotopic (exact) mass is 192 g/mol. The number of nitrogens with one attached hydrogen (secondary N) is 2. The Morgan fingerprint density at radius 3 is 3.07 bits per heavy atom. The average Bonchev–Trinajstić information content (AvgIpc) is 2.18. The van der Waals surface area contributed by atoms with E-state index in [2.05, 4.69) is 20.6 Å². The van der Waals surface area contributed by atoms with Crippen LogP contribution >= 0.6 is 0 Å². The van der Waals surface area contributed by atoms with Crippen molar-refractivity contribution < 1.29 is 0 Å². The molecule has 2 heterocycles. The first-order valence-electron chi connectivity index (χ1n) is 5.02. The van der Waals surface area contributed by atoms with Crippen molar-refractivity contribution in [3.63, 3.8) is 0 Å². The van der Waals surface area contributed by atoms with Crippen molar-refractivity contribution in [3.05, 3.63) is 22.8 Å². The van der Waals surface area contributed by atoms with Gasteiger partial charge in [-0.25, -0.2) is 9.97 Å². The molecule has 2 N–H and O–H groups in total. The van der Waals surface area contributed by atoms with Gasteiger partial charge in [-0.3, -0.25) is 0 Å². The highest BCUT2D eigenvalue weighted by Gasteiger charge is 2.15. The Bertz CT molecular complexity index is 335. The van der Waals surface area contributed by atoms with Crippen LogP contribution in [0.25, 0.3) is 0 Å². The minimum absolute atomic E-state index is 0.827. The van der Waals surface area contributed by atoms with Crippen molar-refractivity contribution in [1.82, 2.24) is 20.6 Å². The Morgan fingerprint density at radius 1 is 1.43 bits per heavy atom. The van der Waals surface area contributed by atoms with Crippen molar-refractivity contribution in [2.24, 2.45) is 0 Å². The zero-order valence-corrected chi connectivity index (χ0v) is 8.72. The Labute approximate surface area is 84.2 Å². The highest BCUT2D eigenvalue weighted by Crippen LogP contribution is 2.15.